The lowest BCUT2D eigenvalue weighted by Gasteiger charge is -2.26. The summed E-state index contributed by atoms with van der Waals surface area (Å²) < 4.78 is 16.2. The molecule has 4 atom stereocenters. The van der Waals surface area contributed by atoms with Crippen molar-refractivity contribution in [2.45, 2.75) is 108 Å². The summed E-state index contributed by atoms with van der Waals surface area (Å²) in [5.41, 5.74) is 39.9. The molecule has 0 aromatic carbocycles. The third-order valence-electron chi connectivity index (χ3n) is 8.40. The fourth-order valence-corrected chi connectivity index (χ4v) is 5.44. The molecule has 5 amide bonds. The van der Waals surface area contributed by atoms with Gasteiger partial charge < -0.3 is 46.5 Å². The molecule has 0 saturated heterocycles. The number of nitrogens with one attached hydrogen (secondary N) is 5. The number of amides is 5. The van der Waals surface area contributed by atoms with Gasteiger partial charge >= 0.3 is 0 Å². The van der Waals surface area contributed by atoms with Crippen molar-refractivity contribution in [2.24, 2.45) is 26.2 Å². The fourth-order valence-electron chi connectivity index (χ4n) is 5.44. The summed E-state index contributed by atoms with van der Waals surface area (Å²) in [6.45, 7) is 4.44. The van der Waals surface area contributed by atoms with Gasteiger partial charge in [0.1, 0.15) is 24.2 Å². The number of rotatable bonds is 39. The van der Waals surface area contributed by atoms with Crippen LogP contribution in [0, 0.1) is 0 Å². The van der Waals surface area contributed by atoms with Gasteiger partial charge in [0.05, 0.1) is 39.6 Å². The minimum absolute atomic E-state index is 0.0794. The Morgan fingerprint density at radius 1 is 0.483 bits per heavy atom. The highest BCUT2D eigenvalue weighted by Gasteiger charge is 2.31. The zero-order valence-corrected chi connectivity index (χ0v) is 34.5. The third kappa shape index (κ3) is 30.5. The van der Waals surface area contributed by atoms with Crippen LogP contribution in [0.2, 0.25) is 0 Å². The SMILES string of the molecule is CC(=O)N[C@@H](CCCCN=[N+]=[N-])C(=O)N[C@@H](CCCCN=[N+]=[N-])C(=O)N[C@@H](CCCCN=[N+]=[N-])C(=O)N[C@@H](CCCCN=[N+]=[N-])C(=O)NCCOCCOCCOCCN. The molecule has 0 fully saturated rings. The standard InChI is InChI=1S/C34H62N18O8/c1-26(53)45-28(11-3-7-16-42-50-37)32(55)47-30(13-5-9-18-44-52-39)34(57)48-29(12-4-8-17-43-51-38)33(56)46-27(10-2-6-15-41-49-36)31(54)40-19-21-59-23-25-60-24-22-58-20-14-35/h27-30H,2-25,35H2,1H3,(H,40,54)(H,45,53)(H,46,56)(H,47,55)(H,48,57)/t27-,28-,29-,30-/m0/s1. The Balaban J connectivity index is 6.02. The van der Waals surface area contributed by atoms with E-state index in [0.717, 1.165) is 0 Å². The van der Waals surface area contributed by atoms with E-state index in [1.807, 2.05) is 0 Å². The van der Waals surface area contributed by atoms with Gasteiger partial charge in [-0.05, 0) is 73.5 Å². The molecular formula is C34H62N18O8. The molecule has 0 aliphatic rings. The zero-order chi connectivity index (χ0) is 44.5. The first-order chi connectivity index (χ1) is 29.1. The lowest BCUT2D eigenvalue weighted by atomic mass is 10.0. The lowest BCUT2D eigenvalue weighted by Crippen LogP contribution is -2.58. The molecule has 26 heteroatoms. The van der Waals surface area contributed by atoms with E-state index in [2.05, 4.69) is 66.7 Å². The van der Waals surface area contributed by atoms with Gasteiger partial charge in [-0.25, -0.2) is 0 Å². The highest BCUT2D eigenvalue weighted by Crippen LogP contribution is 2.10. The van der Waals surface area contributed by atoms with E-state index in [0.29, 0.717) is 84.3 Å². The van der Waals surface area contributed by atoms with Gasteiger partial charge in [0.2, 0.25) is 29.5 Å². The molecule has 0 radical (unpaired) electrons. The highest BCUT2D eigenvalue weighted by molar-refractivity contribution is 5.95. The van der Waals surface area contributed by atoms with E-state index in [1.54, 1.807) is 0 Å². The van der Waals surface area contributed by atoms with Crippen molar-refractivity contribution in [1.29, 1.82) is 0 Å². The monoisotopic (exact) mass is 850 g/mol. The Hall–Kier alpha value is -5.57. The smallest absolute Gasteiger partial charge is 0.243 e. The summed E-state index contributed by atoms with van der Waals surface area (Å²) >= 11 is 0. The molecule has 0 rings (SSSR count). The Morgan fingerprint density at radius 2 is 0.800 bits per heavy atom. The number of nitrogens with zero attached hydrogens (tertiary/aromatic N) is 12. The van der Waals surface area contributed by atoms with Gasteiger partial charge in [-0.2, -0.15) is 0 Å². The molecule has 0 aliphatic heterocycles. The largest absolute Gasteiger partial charge is 0.378 e. The number of nitrogens with two attached hydrogens (primary N) is 1. The first-order valence-electron chi connectivity index (χ1n) is 20.1. The maximum absolute atomic E-state index is 13.9. The van der Waals surface area contributed by atoms with Crippen LogP contribution in [-0.2, 0) is 38.2 Å². The number of azide groups is 4. The molecule has 0 unspecified atom stereocenters. The third-order valence-corrected chi connectivity index (χ3v) is 8.40. The highest BCUT2D eigenvalue weighted by atomic mass is 16.5. The van der Waals surface area contributed by atoms with E-state index in [4.69, 9.17) is 42.1 Å². The summed E-state index contributed by atoms with van der Waals surface area (Å²) in [6.07, 6.45) is 3.72. The first-order valence-corrected chi connectivity index (χ1v) is 20.1. The van der Waals surface area contributed by atoms with Crippen LogP contribution in [0.4, 0.5) is 0 Å². The summed E-state index contributed by atoms with van der Waals surface area (Å²) in [7, 11) is 0. The molecule has 0 aromatic rings. The number of carbonyl (C=O) groups excluding carboxylic acids is 5. The zero-order valence-electron chi connectivity index (χ0n) is 34.5. The molecule has 0 spiro atoms. The summed E-state index contributed by atoms with van der Waals surface area (Å²) in [5, 5.41) is 27.5. The molecule has 0 saturated carbocycles. The predicted molar refractivity (Wildman–Crippen MR) is 219 cm³/mol. The van der Waals surface area contributed by atoms with Crippen molar-refractivity contribution in [3.63, 3.8) is 0 Å². The van der Waals surface area contributed by atoms with Crippen molar-refractivity contribution in [2.75, 3.05) is 78.9 Å². The van der Waals surface area contributed by atoms with E-state index in [1.165, 1.54) is 6.92 Å². The van der Waals surface area contributed by atoms with Gasteiger partial charge in [0.25, 0.3) is 0 Å². The molecular weight excluding hydrogens is 788 g/mol. The molecule has 60 heavy (non-hydrogen) atoms. The van der Waals surface area contributed by atoms with Crippen LogP contribution in [0.1, 0.15) is 84.0 Å². The molecule has 0 bridgehead atoms. The number of ether oxygens (including phenoxy) is 3. The van der Waals surface area contributed by atoms with Crippen molar-refractivity contribution in [1.82, 2.24) is 26.6 Å². The van der Waals surface area contributed by atoms with Gasteiger partial charge in [-0.1, -0.05) is 46.1 Å². The minimum atomic E-state index is -1.19. The molecule has 336 valence electrons. The Morgan fingerprint density at radius 3 is 1.13 bits per heavy atom. The molecule has 0 aromatic heterocycles. The van der Waals surface area contributed by atoms with E-state index < -0.39 is 53.7 Å². The maximum atomic E-state index is 13.9. The molecule has 0 aliphatic carbocycles. The summed E-state index contributed by atoms with van der Waals surface area (Å²) in [5.74, 6) is -3.04. The van der Waals surface area contributed by atoms with Crippen LogP contribution >= 0.6 is 0 Å². The van der Waals surface area contributed by atoms with Crippen molar-refractivity contribution < 1.29 is 38.2 Å². The van der Waals surface area contributed by atoms with Crippen LogP contribution in [0.3, 0.4) is 0 Å². The fraction of sp³-hybridized carbons (Fsp3) is 0.853. The Bertz CT molecular complexity index is 1450. The lowest BCUT2D eigenvalue weighted by molar-refractivity contribution is -0.134. The maximum Gasteiger partial charge on any atom is 0.243 e. The normalized spacial score (nSPS) is 12.4. The van der Waals surface area contributed by atoms with E-state index in [-0.39, 0.29) is 71.6 Å². The van der Waals surface area contributed by atoms with E-state index >= 15 is 0 Å². The Labute approximate surface area is 349 Å². The van der Waals surface area contributed by atoms with E-state index in [9.17, 15) is 24.0 Å². The van der Waals surface area contributed by atoms with Crippen LogP contribution in [0.5, 0.6) is 0 Å². The second-order valence-corrected chi connectivity index (χ2v) is 13.2. The van der Waals surface area contributed by atoms with Crippen molar-refractivity contribution >= 4 is 29.5 Å². The van der Waals surface area contributed by atoms with Crippen LogP contribution < -0.4 is 32.3 Å². The number of carbonyl (C=O) groups is 5. The number of hydrogen-bond acceptors (Lipinski definition) is 13. The van der Waals surface area contributed by atoms with Crippen LogP contribution in [0.15, 0.2) is 20.5 Å². The van der Waals surface area contributed by atoms with Crippen LogP contribution in [0.25, 0.3) is 41.8 Å². The second kappa shape index (κ2) is 38.9. The average Bonchev–Trinajstić information content (AvgIpc) is 3.23. The number of unbranched alkanes of at least 4 members (excludes halogenated alkanes) is 4. The topological polar surface area (TPSA) is 394 Å². The van der Waals surface area contributed by atoms with Crippen molar-refractivity contribution in [3.05, 3.63) is 41.8 Å². The first kappa shape index (κ1) is 54.4. The quantitative estimate of drug-likeness (QED) is 0.0229. The molecule has 7 N–H and O–H groups in total. The van der Waals surface area contributed by atoms with Crippen LogP contribution in [-0.4, -0.2) is 133 Å². The molecule has 26 nitrogen and oxygen atoms in total. The van der Waals surface area contributed by atoms with Gasteiger partial charge in [0, 0.05) is 65.8 Å². The van der Waals surface area contributed by atoms with Gasteiger partial charge in [-0.15, -0.1) is 0 Å². The summed E-state index contributed by atoms with van der Waals surface area (Å²) in [4.78, 5) is 77.5. The van der Waals surface area contributed by atoms with Crippen molar-refractivity contribution in [3.8, 4) is 0 Å². The molecule has 0 heterocycles. The summed E-state index contributed by atoms with van der Waals surface area (Å²) in [6, 6.07) is -4.44. The van der Waals surface area contributed by atoms with Gasteiger partial charge in [0.15, 0.2) is 0 Å². The number of hydrogen-bond donors (Lipinski definition) is 6. The Kier molecular flexibility index (Phi) is 35.3. The average molecular weight is 851 g/mol. The second-order valence-electron chi connectivity index (χ2n) is 13.2. The predicted octanol–water partition coefficient (Wildman–Crippen LogP) is 2.99. The van der Waals surface area contributed by atoms with Gasteiger partial charge in [-0.3, -0.25) is 24.0 Å². The minimum Gasteiger partial charge on any atom is -0.378 e.